The minimum absolute atomic E-state index is 0.0476. The van der Waals surface area contributed by atoms with E-state index < -0.39 is 15.8 Å². The van der Waals surface area contributed by atoms with Gasteiger partial charge in [0, 0.05) is 24.5 Å². The summed E-state index contributed by atoms with van der Waals surface area (Å²) in [5.74, 6) is -0.849. The number of benzene rings is 1. The van der Waals surface area contributed by atoms with Crippen LogP contribution in [-0.4, -0.2) is 38.3 Å². The van der Waals surface area contributed by atoms with E-state index in [0.717, 1.165) is 11.9 Å². The quantitative estimate of drug-likeness (QED) is 0.862. The summed E-state index contributed by atoms with van der Waals surface area (Å²) in [6, 6.07) is 6.64. The van der Waals surface area contributed by atoms with Crippen LogP contribution in [0.4, 0.5) is 5.69 Å². The lowest BCUT2D eigenvalue weighted by Gasteiger charge is -2.28. The Balaban J connectivity index is 2.95. The molecule has 0 unspecified atom stereocenters. The molecule has 0 saturated carbocycles. The lowest BCUT2D eigenvalue weighted by atomic mass is 10.2. The van der Waals surface area contributed by atoms with Crippen molar-refractivity contribution in [1.29, 1.82) is 0 Å². The molecule has 0 aromatic heterocycles. The van der Waals surface area contributed by atoms with Crippen molar-refractivity contribution < 1.29 is 18.3 Å². The highest BCUT2D eigenvalue weighted by molar-refractivity contribution is 7.90. The molecule has 1 aromatic rings. The van der Waals surface area contributed by atoms with Gasteiger partial charge < -0.3 is 10.0 Å². The average Bonchev–Trinajstić information content (AvgIpc) is 2.27. The van der Waals surface area contributed by atoms with Crippen molar-refractivity contribution in [3.05, 3.63) is 24.3 Å². The van der Waals surface area contributed by atoms with Gasteiger partial charge in [-0.25, -0.2) is 8.42 Å². The molecule has 0 spiro atoms. The van der Waals surface area contributed by atoms with E-state index >= 15 is 0 Å². The molecule has 19 heavy (non-hydrogen) atoms. The van der Waals surface area contributed by atoms with Crippen LogP contribution in [0.15, 0.2) is 29.2 Å². The summed E-state index contributed by atoms with van der Waals surface area (Å²) in [5.41, 5.74) is 0.823. The largest absolute Gasteiger partial charge is 0.481 e. The van der Waals surface area contributed by atoms with Crippen LogP contribution in [0.5, 0.6) is 0 Å². The SMILES string of the molecule is CC(C)N(CCC(=O)O)c1ccc(S(C)(=O)=O)cc1. The predicted octanol–water partition coefficient (Wildman–Crippen LogP) is 1.78. The molecule has 6 heteroatoms. The van der Waals surface area contributed by atoms with Gasteiger partial charge in [-0.1, -0.05) is 0 Å². The molecule has 106 valence electrons. The van der Waals surface area contributed by atoms with Gasteiger partial charge in [-0.05, 0) is 38.1 Å². The van der Waals surface area contributed by atoms with Crippen LogP contribution in [0.1, 0.15) is 20.3 Å². The van der Waals surface area contributed by atoms with E-state index in [-0.39, 0.29) is 17.4 Å². The fraction of sp³-hybridized carbons (Fsp3) is 0.462. The first-order valence-corrected chi connectivity index (χ1v) is 7.89. The third-order valence-corrected chi connectivity index (χ3v) is 3.91. The van der Waals surface area contributed by atoms with Gasteiger partial charge in [0.1, 0.15) is 0 Å². The summed E-state index contributed by atoms with van der Waals surface area (Å²) in [5, 5.41) is 8.74. The van der Waals surface area contributed by atoms with E-state index in [1.807, 2.05) is 18.7 Å². The van der Waals surface area contributed by atoms with Gasteiger partial charge in [0.2, 0.25) is 0 Å². The Kier molecular flexibility index (Phi) is 4.94. The molecule has 0 bridgehead atoms. The maximum atomic E-state index is 11.4. The molecular formula is C13H19NO4S. The van der Waals surface area contributed by atoms with Crippen LogP contribution < -0.4 is 4.90 Å². The van der Waals surface area contributed by atoms with Crippen LogP contribution in [0.25, 0.3) is 0 Å². The molecule has 1 rings (SSSR count). The number of carbonyl (C=O) groups is 1. The Morgan fingerprint density at radius 3 is 2.16 bits per heavy atom. The number of hydrogen-bond donors (Lipinski definition) is 1. The standard InChI is InChI=1S/C13H19NO4S/c1-10(2)14(9-8-13(15)16)11-4-6-12(7-5-11)19(3,17)18/h4-7,10H,8-9H2,1-3H3,(H,15,16). The van der Waals surface area contributed by atoms with Crippen molar-refractivity contribution in [2.45, 2.75) is 31.2 Å². The molecule has 0 heterocycles. The Morgan fingerprint density at radius 1 is 1.26 bits per heavy atom. The summed E-state index contributed by atoms with van der Waals surface area (Å²) in [4.78, 5) is 12.8. The summed E-state index contributed by atoms with van der Waals surface area (Å²) in [6.45, 7) is 4.32. The number of aliphatic carboxylic acids is 1. The Labute approximate surface area is 113 Å². The first kappa shape index (κ1) is 15.5. The zero-order valence-corrected chi connectivity index (χ0v) is 12.1. The normalized spacial score (nSPS) is 11.6. The number of rotatable bonds is 6. The third-order valence-electron chi connectivity index (χ3n) is 2.79. The van der Waals surface area contributed by atoms with Crippen molar-refractivity contribution in [2.24, 2.45) is 0 Å². The molecule has 5 nitrogen and oxygen atoms in total. The monoisotopic (exact) mass is 285 g/mol. The second kappa shape index (κ2) is 6.06. The number of carboxylic acid groups (broad SMARTS) is 1. The molecule has 0 aliphatic heterocycles. The molecule has 1 N–H and O–H groups in total. The maximum Gasteiger partial charge on any atom is 0.305 e. The molecule has 0 aliphatic carbocycles. The highest BCUT2D eigenvalue weighted by Gasteiger charge is 2.13. The van der Waals surface area contributed by atoms with Crippen LogP contribution in [0, 0.1) is 0 Å². The first-order chi connectivity index (χ1) is 8.71. The van der Waals surface area contributed by atoms with E-state index in [2.05, 4.69) is 0 Å². The molecule has 0 aliphatic rings. The number of sulfone groups is 1. The Hall–Kier alpha value is -1.56. The highest BCUT2D eigenvalue weighted by atomic mass is 32.2. The van der Waals surface area contributed by atoms with Crippen LogP contribution in [0.3, 0.4) is 0 Å². The van der Waals surface area contributed by atoms with Gasteiger partial charge in [-0.15, -0.1) is 0 Å². The zero-order chi connectivity index (χ0) is 14.6. The number of carboxylic acids is 1. The molecule has 1 aromatic carbocycles. The highest BCUT2D eigenvalue weighted by Crippen LogP contribution is 2.20. The molecular weight excluding hydrogens is 266 g/mol. The van der Waals surface area contributed by atoms with E-state index in [1.165, 1.54) is 0 Å². The van der Waals surface area contributed by atoms with Crippen LogP contribution in [0.2, 0.25) is 0 Å². The van der Waals surface area contributed by atoms with Gasteiger partial charge in [-0.2, -0.15) is 0 Å². The summed E-state index contributed by atoms with van der Waals surface area (Å²) in [7, 11) is -3.20. The minimum Gasteiger partial charge on any atom is -0.481 e. The molecule has 0 fully saturated rings. The summed E-state index contributed by atoms with van der Waals surface area (Å²) in [6.07, 6.45) is 1.21. The summed E-state index contributed by atoms with van der Waals surface area (Å²) >= 11 is 0. The summed E-state index contributed by atoms with van der Waals surface area (Å²) < 4.78 is 22.7. The van der Waals surface area contributed by atoms with E-state index in [0.29, 0.717) is 6.54 Å². The number of anilines is 1. The topological polar surface area (TPSA) is 74.7 Å². The van der Waals surface area contributed by atoms with E-state index in [1.54, 1.807) is 24.3 Å². The predicted molar refractivity (Wildman–Crippen MR) is 74.3 cm³/mol. The van der Waals surface area contributed by atoms with Crippen LogP contribution in [-0.2, 0) is 14.6 Å². The molecule has 0 radical (unpaired) electrons. The first-order valence-electron chi connectivity index (χ1n) is 6.00. The minimum atomic E-state index is -3.20. The van der Waals surface area contributed by atoms with Crippen molar-refractivity contribution in [3.63, 3.8) is 0 Å². The Bertz CT molecular complexity index is 534. The maximum absolute atomic E-state index is 11.4. The van der Waals surface area contributed by atoms with Crippen molar-refractivity contribution in [3.8, 4) is 0 Å². The van der Waals surface area contributed by atoms with Gasteiger partial charge in [0.25, 0.3) is 0 Å². The molecule has 0 atom stereocenters. The van der Waals surface area contributed by atoms with Gasteiger partial charge in [-0.3, -0.25) is 4.79 Å². The van der Waals surface area contributed by atoms with Crippen LogP contribution >= 0.6 is 0 Å². The Morgan fingerprint density at radius 2 is 1.79 bits per heavy atom. The van der Waals surface area contributed by atoms with Crippen molar-refractivity contribution >= 4 is 21.5 Å². The second-order valence-electron chi connectivity index (χ2n) is 4.70. The van der Waals surface area contributed by atoms with Gasteiger partial charge >= 0.3 is 5.97 Å². The fourth-order valence-corrected chi connectivity index (χ4v) is 2.42. The zero-order valence-electron chi connectivity index (χ0n) is 11.3. The average molecular weight is 285 g/mol. The number of nitrogens with zero attached hydrogens (tertiary/aromatic N) is 1. The van der Waals surface area contributed by atoms with Crippen molar-refractivity contribution in [1.82, 2.24) is 0 Å². The van der Waals surface area contributed by atoms with Crippen molar-refractivity contribution in [2.75, 3.05) is 17.7 Å². The van der Waals surface area contributed by atoms with E-state index in [4.69, 9.17) is 5.11 Å². The fourth-order valence-electron chi connectivity index (χ4n) is 1.79. The smallest absolute Gasteiger partial charge is 0.305 e. The molecule has 0 amide bonds. The lowest BCUT2D eigenvalue weighted by molar-refractivity contribution is -0.136. The van der Waals surface area contributed by atoms with Gasteiger partial charge in [0.05, 0.1) is 11.3 Å². The molecule has 0 saturated heterocycles. The lowest BCUT2D eigenvalue weighted by Crippen LogP contribution is -2.32. The van der Waals surface area contributed by atoms with E-state index in [9.17, 15) is 13.2 Å². The van der Waals surface area contributed by atoms with Gasteiger partial charge in [0.15, 0.2) is 9.84 Å². The number of hydrogen-bond acceptors (Lipinski definition) is 4. The third kappa shape index (κ3) is 4.55. The second-order valence-corrected chi connectivity index (χ2v) is 6.71.